The van der Waals surface area contributed by atoms with Crippen LogP contribution in [0.1, 0.15) is 17.5 Å². The van der Waals surface area contributed by atoms with Crippen molar-refractivity contribution in [2.24, 2.45) is 0 Å². The largest absolute Gasteiger partial charge is 0.495 e. The van der Waals surface area contributed by atoms with Crippen LogP contribution in [-0.2, 0) is 0 Å². The van der Waals surface area contributed by atoms with Gasteiger partial charge in [0.1, 0.15) is 5.75 Å². The van der Waals surface area contributed by atoms with E-state index < -0.39 is 0 Å². The van der Waals surface area contributed by atoms with E-state index >= 15 is 0 Å². The molecule has 0 spiro atoms. The predicted octanol–water partition coefficient (Wildman–Crippen LogP) is 1.83. The lowest BCUT2D eigenvalue weighted by Crippen LogP contribution is -1.88. The van der Waals surface area contributed by atoms with Gasteiger partial charge in [0.2, 0.25) is 0 Å². The zero-order valence-electron chi connectivity index (χ0n) is 8.24. The van der Waals surface area contributed by atoms with Crippen LogP contribution in [0.2, 0.25) is 0 Å². The Kier molecular flexibility index (Phi) is 3.78. The minimum absolute atomic E-state index is 0.167. The maximum Gasteiger partial charge on any atom is 0.134 e. The molecule has 0 fully saturated rings. The molecule has 1 rings (SSSR count). The third kappa shape index (κ3) is 2.76. The van der Waals surface area contributed by atoms with Gasteiger partial charge in [-0.25, -0.2) is 0 Å². The Labute approximate surface area is 88.5 Å². The summed E-state index contributed by atoms with van der Waals surface area (Å²) in [6.07, 6.45) is 0.167. The van der Waals surface area contributed by atoms with Gasteiger partial charge in [-0.15, -0.1) is 0 Å². The highest BCUT2D eigenvalue weighted by atomic mass is 16.5. The second kappa shape index (κ2) is 5.32. The highest BCUT2D eigenvalue weighted by molar-refractivity contribution is 5.50. The van der Waals surface area contributed by atoms with Crippen LogP contribution in [0.3, 0.4) is 0 Å². The maximum atomic E-state index is 8.71. The van der Waals surface area contributed by atoms with Crippen LogP contribution in [0.25, 0.3) is 0 Å². The quantitative estimate of drug-likeness (QED) is 0.644. The van der Waals surface area contributed by atoms with Gasteiger partial charge < -0.3 is 4.74 Å². The van der Waals surface area contributed by atoms with Crippen LogP contribution in [0.5, 0.6) is 5.75 Å². The van der Waals surface area contributed by atoms with Crippen LogP contribution in [-0.4, -0.2) is 7.11 Å². The lowest BCUT2D eigenvalue weighted by Gasteiger charge is -2.02. The molecule has 0 aliphatic carbocycles. The van der Waals surface area contributed by atoms with Crippen molar-refractivity contribution in [1.82, 2.24) is 0 Å². The maximum absolute atomic E-state index is 8.71. The van der Waals surface area contributed by atoms with Gasteiger partial charge >= 0.3 is 0 Å². The summed E-state index contributed by atoms with van der Waals surface area (Å²) < 4.78 is 5.08. The van der Waals surface area contributed by atoms with Crippen molar-refractivity contribution in [3.05, 3.63) is 29.3 Å². The molecule has 0 saturated carbocycles. The van der Waals surface area contributed by atoms with Crippen molar-refractivity contribution < 1.29 is 4.74 Å². The van der Waals surface area contributed by atoms with Crippen molar-refractivity contribution in [1.29, 1.82) is 10.5 Å². The topological polar surface area (TPSA) is 56.8 Å². The van der Waals surface area contributed by atoms with Crippen LogP contribution in [0.15, 0.2) is 18.2 Å². The Morgan fingerprint density at radius 2 is 2.13 bits per heavy atom. The molecule has 0 aromatic heterocycles. The minimum Gasteiger partial charge on any atom is -0.495 e. The number of nitrogens with zero attached hydrogens (tertiary/aromatic N) is 2. The van der Waals surface area contributed by atoms with Crippen molar-refractivity contribution in [3.8, 4) is 29.7 Å². The summed E-state index contributed by atoms with van der Waals surface area (Å²) in [5, 5.41) is 17.0. The van der Waals surface area contributed by atoms with Crippen molar-refractivity contribution in [2.75, 3.05) is 7.11 Å². The van der Waals surface area contributed by atoms with Gasteiger partial charge in [-0.3, -0.25) is 0 Å². The van der Waals surface area contributed by atoms with E-state index in [2.05, 4.69) is 11.8 Å². The van der Waals surface area contributed by atoms with Gasteiger partial charge in [-0.05, 0) is 18.2 Å². The monoisotopic (exact) mass is 196 g/mol. The molecule has 0 bridgehead atoms. The molecule has 0 saturated heterocycles. The molecule has 15 heavy (non-hydrogen) atoms. The van der Waals surface area contributed by atoms with Crippen LogP contribution in [0, 0.1) is 34.5 Å². The first-order chi connectivity index (χ1) is 7.31. The molecule has 0 unspecified atom stereocenters. The van der Waals surface area contributed by atoms with Crippen molar-refractivity contribution in [2.45, 2.75) is 6.42 Å². The Balaban J connectivity index is 3.11. The molecule has 0 radical (unpaired) electrons. The van der Waals surface area contributed by atoms with E-state index in [1.54, 1.807) is 18.2 Å². The first kappa shape index (κ1) is 10.6. The fraction of sp³-hybridized carbons (Fsp3) is 0.167. The third-order valence-electron chi connectivity index (χ3n) is 1.72. The van der Waals surface area contributed by atoms with Crippen molar-refractivity contribution >= 4 is 0 Å². The van der Waals surface area contributed by atoms with Crippen LogP contribution in [0.4, 0.5) is 0 Å². The number of hydrogen-bond donors (Lipinski definition) is 0. The molecule has 72 valence electrons. The number of benzene rings is 1. The number of ether oxygens (including phenoxy) is 1. The zero-order valence-corrected chi connectivity index (χ0v) is 8.24. The summed E-state index contributed by atoms with van der Waals surface area (Å²) in [5.41, 5.74) is 1.16. The Morgan fingerprint density at radius 1 is 1.33 bits per heavy atom. The molecule has 0 atom stereocenters. The molecule has 0 amide bonds. The Morgan fingerprint density at radius 3 is 2.73 bits per heavy atom. The molecular formula is C12H8N2O. The average molecular weight is 196 g/mol. The summed E-state index contributed by atoms with van der Waals surface area (Å²) in [4.78, 5) is 0. The van der Waals surface area contributed by atoms with E-state index in [4.69, 9.17) is 15.3 Å². The second-order valence-corrected chi connectivity index (χ2v) is 2.66. The zero-order chi connectivity index (χ0) is 11.1. The highest BCUT2D eigenvalue weighted by Gasteiger charge is 2.00. The van der Waals surface area contributed by atoms with Gasteiger partial charge in [0.05, 0.1) is 36.8 Å². The summed E-state index contributed by atoms with van der Waals surface area (Å²) in [6, 6.07) is 8.94. The smallest absolute Gasteiger partial charge is 0.134 e. The highest BCUT2D eigenvalue weighted by Crippen LogP contribution is 2.18. The average Bonchev–Trinajstić information content (AvgIpc) is 2.29. The number of methoxy groups -OCH3 is 1. The molecule has 0 heterocycles. The van der Waals surface area contributed by atoms with E-state index in [9.17, 15) is 0 Å². The van der Waals surface area contributed by atoms with Crippen LogP contribution >= 0.6 is 0 Å². The first-order valence-electron chi connectivity index (χ1n) is 4.25. The van der Waals surface area contributed by atoms with Gasteiger partial charge in [0.15, 0.2) is 0 Å². The molecule has 0 aliphatic rings. The molecule has 1 aromatic carbocycles. The predicted molar refractivity (Wildman–Crippen MR) is 54.8 cm³/mol. The summed E-state index contributed by atoms with van der Waals surface area (Å²) in [7, 11) is 1.54. The Hall–Kier alpha value is -2.44. The normalized spacial score (nSPS) is 7.93. The lowest BCUT2D eigenvalue weighted by molar-refractivity contribution is 0.413. The fourth-order valence-corrected chi connectivity index (χ4v) is 1.05. The van der Waals surface area contributed by atoms with Gasteiger partial charge in [-0.2, -0.15) is 10.5 Å². The number of rotatable bonds is 1. The van der Waals surface area contributed by atoms with Gasteiger partial charge in [0.25, 0.3) is 0 Å². The van der Waals surface area contributed by atoms with E-state index in [-0.39, 0.29) is 6.42 Å². The molecule has 0 aliphatic heterocycles. The van der Waals surface area contributed by atoms with E-state index in [0.29, 0.717) is 16.9 Å². The number of hydrogen-bond acceptors (Lipinski definition) is 3. The molecule has 3 nitrogen and oxygen atoms in total. The summed E-state index contributed by atoms with van der Waals surface area (Å²) in [5.74, 6) is 6.08. The van der Waals surface area contributed by atoms with E-state index in [0.717, 1.165) is 0 Å². The second-order valence-electron chi connectivity index (χ2n) is 2.66. The SMILES string of the molecule is COc1ccc(C#N)cc1C#CCC#N. The summed E-state index contributed by atoms with van der Waals surface area (Å²) >= 11 is 0. The first-order valence-corrected chi connectivity index (χ1v) is 4.25. The summed E-state index contributed by atoms with van der Waals surface area (Å²) in [6.45, 7) is 0. The molecule has 1 aromatic rings. The molecule has 0 N–H and O–H groups in total. The Bertz CT molecular complexity index is 495. The van der Waals surface area contributed by atoms with Gasteiger partial charge in [-0.1, -0.05) is 11.8 Å². The third-order valence-corrected chi connectivity index (χ3v) is 1.72. The molecule has 3 heteroatoms. The van der Waals surface area contributed by atoms with E-state index in [1.165, 1.54) is 7.11 Å². The standard InChI is InChI=1S/C12H8N2O/c1-15-12-6-5-10(9-14)8-11(12)4-2-3-7-13/h5-6,8H,3H2,1H3. The van der Waals surface area contributed by atoms with E-state index in [1.807, 2.05) is 12.1 Å². The van der Waals surface area contributed by atoms with Crippen molar-refractivity contribution in [3.63, 3.8) is 0 Å². The molecular weight excluding hydrogens is 188 g/mol. The fourth-order valence-electron chi connectivity index (χ4n) is 1.05. The lowest BCUT2D eigenvalue weighted by atomic mass is 10.1. The van der Waals surface area contributed by atoms with Crippen LogP contribution < -0.4 is 4.74 Å². The number of nitriles is 2. The minimum atomic E-state index is 0.167. The van der Waals surface area contributed by atoms with Gasteiger partial charge in [0, 0.05) is 0 Å².